The van der Waals surface area contributed by atoms with Gasteiger partial charge in [0.1, 0.15) is 12.8 Å². The Labute approximate surface area is 349 Å². The van der Waals surface area contributed by atoms with Crippen molar-refractivity contribution in [2.45, 2.75) is 91.3 Å². The van der Waals surface area contributed by atoms with Gasteiger partial charge in [-0.15, -0.1) is 0 Å². The fourth-order valence-electron chi connectivity index (χ4n) is 7.38. The number of amides is 1. The SMILES string of the molecule is C=C/C(=C\C)C(c1ccccc1)(c1ccccc1)N1C[C@@H](COP(OCCC#N)N(C(C)C)C(C)C)O[C@@H](n2cnc3c(OCCC#N)nc(NC(=O)C(C)C)nc32)C1. The number of hydrogen-bond acceptors (Lipinski definition) is 12. The fraction of sp³-hybridized carbons (Fsp3) is 0.455. The lowest BCUT2D eigenvalue weighted by atomic mass is 9.74. The average molecular weight is 822 g/mol. The number of fused-ring (bicyclic) bond motifs is 1. The number of nitrogens with zero attached hydrogens (tertiary/aromatic N) is 8. The summed E-state index contributed by atoms with van der Waals surface area (Å²) in [4.78, 5) is 29.3. The molecular formula is C44H56N9O5P. The van der Waals surface area contributed by atoms with E-state index in [-0.39, 0.29) is 68.4 Å². The Bertz CT molecular complexity index is 2070. The first-order valence-corrected chi connectivity index (χ1v) is 21.2. The molecule has 0 aliphatic carbocycles. The minimum absolute atomic E-state index is 0.0471. The smallest absolute Gasteiger partial charge is 0.259 e. The molecular weight excluding hydrogens is 766 g/mol. The molecule has 2 aromatic heterocycles. The van der Waals surface area contributed by atoms with Crippen LogP contribution in [-0.4, -0.2) is 86.1 Å². The minimum atomic E-state index is -1.57. The third-order valence-electron chi connectivity index (χ3n) is 9.90. The van der Waals surface area contributed by atoms with E-state index < -0.39 is 26.4 Å². The van der Waals surface area contributed by atoms with Gasteiger partial charge in [0.05, 0.1) is 56.2 Å². The second kappa shape index (κ2) is 21.3. The molecule has 15 heteroatoms. The molecule has 5 rings (SSSR count). The highest BCUT2D eigenvalue weighted by molar-refractivity contribution is 7.44. The van der Waals surface area contributed by atoms with Crippen LogP contribution in [0.15, 0.2) is 91.3 Å². The number of anilines is 1. The third kappa shape index (κ3) is 10.4. The lowest BCUT2D eigenvalue weighted by Gasteiger charge is -2.51. The maximum atomic E-state index is 12.9. The molecule has 1 saturated heterocycles. The van der Waals surface area contributed by atoms with Crippen LogP contribution in [0.3, 0.4) is 0 Å². The van der Waals surface area contributed by atoms with Crippen molar-refractivity contribution in [2.24, 2.45) is 5.92 Å². The van der Waals surface area contributed by atoms with Crippen molar-refractivity contribution in [2.75, 3.05) is 38.2 Å². The second-order valence-corrected chi connectivity index (χ2v) is 16.4. The summed E-state index contributed by atoms with van der Waals surface area (Å²) in [5.41, 5.74) is 2.96. The molecule has 1 unspecified atom stereocenters. The summed E-state index contributed by atoms with van der Waals surface area (Å²) in [6, 6.07) is 25.2. The molecule has 312 valence electrons. The van der Waals surface area contributed by atoms with Crippen LogP contribution in [0, 0.1) is 28.6 Å². The zero-order chi connectivity index (χ0) is 42.5. The number of allylic oxidation sites excluding steroid dienone is 1. The van der Waals surface area contributed by atoms with Gasteiger partial charge in [0, 0.05) is 31.1 Å². The standard InChI is InChI=1S/C44H56N9O5P/c1-9-34(10-2)44(35-19-13-11-14-20-35,36-21-15-12-16-22-36)51-27-37(29-57-59(56-26-18-24-46)53(32(5)6)33(7)8)58-38(28-51)52-30-47-39-40(52)48-43(49-41(54)31(3)4)50-42(39)55-25-17-23-45/h9-16,19-22,30-33,37-38H,1,17-18,25-29H2,2-8H3,(H,48,49,50,54)/b34-10+/t37-,38+,59?/m0/s1. The summed E-state index contributed by atoms with van der Waals surface area (Å²) in [5.74, 6) is -0.403. The lowest BCUT2D eigenvalue weighted by molar-refractivity contribution is -0.146. The van der Waals surface area contributed by atoms with Crippen LogP contribution in [0.25, 0.3) is 11.2 Å². The molecule has 3 heterocycles. The first-order valence-electron chi connectivity index (χ1n) is 20.1. The molecule has 2 aromatic carbocycles. The van der Waals surface area contributed by atoms with Crippen molar-refractivity contribution >= 4 is 31.5 Å². The molecule has 3 atom stereocenters. The number of carbonyl (C=O) groups excluding carboxylic acids is 1. The van der Waals surface area contributed by atoms with Gasteiger partial charge in [-0.3, -0.25) is 19.6 Å². The van der Waals surface area contributed by atoms with Crippen molar-refractivity contribution in [3.63, 3.8) is 0 Å². The van der Waals surface area contributed by atoms with Crippen molar-refractivity contribution in [3.05, 3.63) is 102 Å². The number of ether oxygens (including phenoxy) is 2. The number of nitriles is 2. The van der Waals surface area contributed by atoms with Crippen LogP contribution in [-0.2, 0) is 24.1 Å². The van der Waals surface area contributed by atoms with Gasteiger partial charge in [0.15, 0.2) is 11.2 Å². The van der Waals surface area contributed by atoms with Gasteiger partial charge >= 0.3 is 0 Å². The molecule has 59 heavy (non-hydrogen) atoms. The quantitative estimate of drug-likeness (QED) is 0.0516. The van der Waals surface area contributed by atoms with Crippen molar-refractivity contribution in [3.8, 4) is 18.0 Å². The zero-order valence-corrected chi connectivity index (χ0v) is 36.0. The molecule has 1 aliphatic heterocycles. The highest BCUT2D eigenvalue weighted by Crippen LogP contribution is 2.48. The summed E-state index contributed by atoms with van der Waals surface area (Å²) < 4.78 is 30.0. The first-order chi connectivity index (χ1) is 28.5. The zero-order valence-electron chi connectivity index (χ0n) is 35.1. The van der Waals surface area contributed by atoms with Gasteiger partial charge < -0.3 is 18.5 Å². The molecule has 0 spiro atoms. The summed E-state index contributed by atoms with van der Waals surface area (Å²) >= 11 is 0. The Balaban J connectivity index is 1.69. The van der Waals surface area contributed by atoms with E-state index in [0.29, 0.717) is 24.3 Å². The fourth-order valence-corrected chi connectivity index (χ4v) is 9.02. The summed E-state index contributed by atoms with van der Waals surface area (Å²) in [7, 11) is -1.57. The van der Waals surface area contributed by atoms with Gasteiger partial charge in [-0.2, -0.15) is 20.5 Å². The Kier molecular flexibility index (Phi) is 16.2. The largest absolute Gasteiger partial charge is 0.475 e. The number of aromatic nitrogens is 4. The maximum Gasteiger partial charge on any atom is 0.259 e. The van der Waals surface area contributed by atoms with Crippen LogP contribution >= 0.6 is 8.53 Å². The highest BCUT2D eigenvalue weighted by atomic mass is 31.2. The molecule has 4 aromatic rings. The van der Waals surface area contributed by atoms with E-state index in [0.717, 1.165) is 16.7 Å². The Morgan fingerprint density at radius 3 is 2.17 bits per heavy atom. The van der Waals surface area contributed by atoms with Crippen LogP contribution in [0.2, 0.25) is 0 Å². The predicted molar refractivity (Wildman–Crippen MR) is 229 cm³/mol. The number of morpholine rings is 1. The van der Waals surface area contributed by atoms with Gasteiger partial charge in [-0.05, 0) is 51.3 Å². The number of benzene rings is 2. The predicted octanol–water partition coefficient (Wildman–Crippen LogP) is 8.28. The van der Waals surface area contributed by atoms with E-state index in [1.807, 2.05) is 54.0 Å². The molecule has 1 fully saturated rings. The summed E-state index contributed by atoms with van der Waals surface area (Å²) in [6.07, 6.45) is 4.82. The Hall–Kier alpha value is -5.05. The van der Waals surface area contributed by atoms with Gasteiger partial charge in [0.25, 0.3) is 8.53 Å². The molecule has 0 bridgehead atoms. The van der Waals surface area contributed by atoms with Crippen molar-refractivity contribution in [1.82, 2.24) is 29.1 Å². The molecule has 0 radical (unpaired) electrons. The van der Waals surface area contributed by atoms with Crippen LogP contribution in [0.4, 0.5) is 5.95 Å². The summed E-state index contributed by atoms with van der Waals surface area (Å²) in [6.45, 7) is 19.6. The van der Waals surface area contributed by atoms with Crippen LogP contribution in [0.1, 0.15) is 78.7 Å². The van der Waals surface area contributed by atoms with Crippen LogP contribution in [0.5, 0.6) is 5.88 Å². The van der Waals surface area contributed by atoms with Crippen molar-refractivity contribution in [1.29, 1.82) is 10.5 Å². The number of rotatable bonds is 20. The molecule has 1 N–H and O–H groups in total. The monoisotopic (exact) mass is 821 g/mol. The van der Waals surface area contributed by atoms with E-state index in [1.54, 1.807) is 20.2 Å². The van der Waals surface area contributed by atoms with Crippen LogP contribution < -0.4 is 10.1 Å². The van der Waals surface area contributed by atoms with E-state index in [1.165, 1.54) is 0 Å². The molecule has 14 nitrogen and oxygen atoms in total. The Morgan fingerprint density at radius 2 is 1.61 bits per heavy atom. The minimum Gasteiger partial charge on any atom is -0.475 e. The molecule has 1 amide bonds. The third-order valence-corrected chi connectivity index (χ3v) is 12.0. The van der Waals surface area contributed by atoms with E-state index >= 15 is 0 Å². The number of hydrogen-bond donors (Lipinski definition) is 1. The number of carbonyl (C=O) groups is 1. The van der Waals surface area contributed by atoms with E-state index in [9.17, 15) is 15.3 Å². The normalized spacial score (nSPS) is 17.0. The summed E-state index contributed by atoms with van der Waals surface area (Å²) in [5, 5.41) is 21.4. The topological polar surface area (TPSA) is 164 Å². The maximum absolute atomic E-state index is 12.9. The molecule has 0 saturated carbocycles. The number of imidazole rings is 1. The second-order valence-electron chi connectivity index (χ2n) is 14.9. The van der Waals surface area contributed by atoms with E-state index in [2.05, 4.69) is 96.6 Å². The number of nitrogens with one attached hydrogen (secondary N) is 1. The van der Waals surface area contributed by atoms with Crippen molar-refractivity contribution < 1.29 is 23.3 Å². The van der Waals surface area contributed by atoms with Gasteiger partial charge in [-0.25, -0.2) is 9.65 Å². The lowest BCUT2D eigenvalue weighted by Crippen LogP contribution is -2.57. The molecule has 1 aliphatic rings. The average Bonchev–Trinajstić information content (AvgIpc) is 3.66. The first kappa shape index (κ1) is 45.0. The van der Waals surface area contributed by atoms with E-state index in [4.69, 9.17) is 28.5 Å². The van der Waals surface area contributed by atoms with Gasteiger partial charge in [-0.1, -0.05) is 93.2 Å². The van der Waals surface area contributed by atoms with Gasteiger partial charge in [0.2, 0.25) is 17.7 Å². The highest BCUT2D eigenvalue weighted by Gasteiger charge is 2.47. The Morgan fingerprint density at radius 1 is 0.983 bits per heavy atom.